The summed E-state index contributed by atoms with van der Waals surface area (Å²) in [6, 6.07) is 9.19. The standard InChI is InChI=1S/C12H14F3NOS/c13-12(14,15)6-7-16-11(17)10(18)8-9-4-2-1-3-5-9/h1-5,10,18H,6-8H2,(H,16,17). The first-order chi connectivity index (χ1) is 8.38. The number of nitrogens with one attached hydrogen (secondary N) is 1. The van der Waals surface area contributed by atoms with Crippen LogP contribution in [0.4, 0.5) is 13.2 Å². The second-order valence-corrected chi connectivity index (χ2v) is 4.49. The Bertz CT molecular complexity index is 381. The van der Waals surface area contributed by atoms with E-state index >= 15 is 0 Å². The van der Waals surface area contributed by atoms with Gasteiger partial charge in [0.25, 0.3) is 0 Å². The van der Waals surface area contributed by atoms with Crippen LogP contribution < -0.4 is 5.32 Å². The molecule has 18 heavy (non-hydrogen) atoms. The summed E-state index contributed by atoms with van der Waals surface area (Å²) >= 11 is 4.09. The van der Waals surface area contributed by atoms with Crippen LogP contribution in [0.1, 0.15) is 12.0 Å². The molecule has 0 aliphatic heterocycles. The number of thiol groups is 1. The Morgan fingerprint density at radius 3 is 2.44 bits per heavy atom. The van der Waals surface area contributed by atoms with Crippen LogP contribution >= 0.6 is 12.6 Å². The largest absolute Gasteiger partial charge is 0.390 e. The minimum atomic E-state index is -4.25. The molecule has 2 nitrogen and oxygen atoms in total. The molecule has 0 saturated heterocycles. The number of hydrogen-bond donors (Lipinski definition) is 2. The summed E-state index contributed by atoms with van der Waals surface area (Å²) in [5.74, 6) is -0.480. The highest BCUT2D eigenvalue weighted by molar-refractivity contribution is 7.81. The van der Waals surface area contributed by atoms with Crippen molar-refractivity contribution in [3.8, 4) is 0 Å². The quantitative estimate of drug-likeness (QED) is 0.796. The number of amides is 1. The maximum absolute atomic E-state index is 11.9. The molecule has 0 aromatic heterocycles. The van der Waals surface area contributed by atoms with Crippen molar-refractivity contribution in [2.45, 2.75) is 24.3 Å². The molecular formula is C12H14F3NOS. The second kappa shape index (κ2) is 6.68. The predicted octanol–water partition coefficient (Wildman–Crippen LogP) is 2.60. The van der Waals surface area contributed by atoms with Crippen molar-refractivity contribution >= 4 is 18.5 Å². The second-order valence-electron chi connectivity index (χ2n) is 3.86. The Morgan fingerprint density at radius 1 is 1.28 bits per heavy atom. The number of hydrogen-bond acceptors (Lipinski definition) is 2. The van der Waals surface area contributed by atoms with Gasteiger partial charge >= 0.3 is 6.18 Å². The van der Waals surface area contributed by atoms with Gasteiger partial charge in [-0.2, -0.15) is 25.8 Å². The number of carbonyl (C=O) groups excluding carboxylic acids is 1. The molecule has 1 atom stereocenters. The summed E-state index contributed by atoms with van der Waals surface area (Å²) in [6.07, 6.45) is -4.88. The molecule has 100 valence electrons. The van der Waals surface area contributed by atoms with Gasteiger partial charge in [0, 0.05) is 6.54 Å². The maximum atomic E-state index is 11.9. The average molecular weight is 277 g/mol. The molecule has 0 heterocycles. The van der Waals surface area contributed by atoms with E-state index in [0.29, 0.717) is 6.42 Å². The van der Waals surface area contributed by atoms with Crippen molar-refractivity contribution in [3.05, 3.63) is 35.9 Å². The van der Waals surface area contributed by atoms with E-state index < -0.39 is 30.3 Å². The summed E-state index contributed by atoms with van der Waals surface area (Å²) in [7, 11) is 0. The molecule has 1 aromatic carbocycles. The highest BCUT2D eigenvalue weighted by Crippen LogP contribution is 2.18. The SMILES string of the molecule is O=C(NCCC(F)(F)F)C(S)Cc1ccccc1. The minimum absolute atomic E-state index is 0.391. The van der Waals surface area contributed by atoms with Gasteiger partial charge in [-0.05, 0) is 12.0 Å². The molecule has 0 fully saturated rings. The smallest absolute Gasteiger partial charge is 0.355 e. The first-order valence-corrected chi connectivity index (χ1v) is 5.96. The van der Waals surface area contributed by atoms with E-state index in [0.717, 1.165) is 5.56 Å². The molecule has 0 spiro atoms. The molecule has 1 rings (SSSR count). The van der Waals surface area contributed by atoms with Gasteiger partial charge in [0.05, 0.1) is 11.7 Å². The van der Waals surface area contributed by atoms with E-state index in [1.54, 1.807) is 0 Å². The molecule has 0 saturated carbocycles. The van der Waals surface area contributed by atoms with Crippen LogP contribution in [0.25, 0.3) is 0 Å². The topological polar surface area (TPSA) is 29.1 Å². The zero-order valence-corrected chi connectivity index (χ0v) is 10.5. The molecule has 0 aliphatic rings. The van der Waals surface area contributed by atoms with Gasteiger partial charge in [0.15, 0.2) is 0 Å². The lowest BCUT2D eigenvalue weighted by Crippen LogP contribution is -2.35. The molecule has 1 N–H and O–H groups in total. The monoisotopic (exact) mass is 277 g/mol. The van der Waals surface area contributed by atoms with Gasteiger partial charge in [0.1, 0.15) is 0 Å². The van der Waals surface area contributed by atoms with E-state index in [9.17, 15) is 18.0 Å². The first kappa shape index (κ1) is 14.9. The van der Waals surface area contributed by atoms with Crippen molar-refractivity contribution < 1.29 is 18.0 Å². The third-order valence-electron chi connectivity index (χ3n) is 2.28. The highest BCUT2D eigenvalue weighted by atomic mass is 32.1. The Kier molecular flexibility index (Phi) is 5.53. The molecule has 6 heteroatoms. The lowest BCUT2D eigenvalue weighted by Gasteiger charge is -2.12. The van der Waals surface area contributed by atoms with Crippen LogP contribution in [0.3, 0.4) is 0 Å². The van der Waals surface area contributed by atoms with Gasteiger partial charge in [-0.3, -0.25) is 4.79 Å². The molecule has 1 amide bonds. The van der Waals surface area contributed by atoms with E-state index in [-0.39, 0.29) is 0 Å². The van der Waals surface area contributed by atoms with Crippen LogP contribution in [0, 0.1) is 0 Å². The van der Waals surface area contributed by atoms with Crippen molar-refractivity contribution in [2.24, 2.45) is 0 Å². The Morgan fingerprint density at radius 2 is 1.89 bits per heavy atom. The lowest BCUT2D eigenvalue weighted by molar-refractivity contribution is -0.135. The van der Waals surface area contributed by atoms with Gasteiger partial charge in [0.2, 0.25) is 5.91 Å². The van der Waals surface area contributed by atoms with E-state index in [1.165, 1.54) is 0 Å². The summed E-state index contributed by atoms with van der Waals surface area (Å²) in [5.41, 5.74) is 0.920. The van der Waals surface area contributed by atoms with Gasteiger partial charge < -0.3 is 5.32 Å². The number of alkyl halides is 3. The van der Waals surface area contributed by atoms with Crippen molar-refractivity contribution in [2.75, 3.05) is 6.54 Å². The third kappa shape index (κ3) is 5.95. The Balaban J connectivity index is 2.34. The van der Waals surface area contributed by atoms with Gasteiger partial charge in [-0.15, -0.1) is 0 Å². The zero-order chi connectivity index (χ0) is 13.6. The van der Waals surface area contributed by atoms with Crippen molar-refractivity contribution in [1.82, 2.24) is 5.32 Å². The van der Waals surface area contributed by atoms with Crippen LogP contribution in [0.2, 0.25) is 0 Å². The Labute approximate surface area is 109 Å². The van der Waals surface area contributed by atoms with E-state index in [4.69, 9.17) is 0 Å². The molecule has 0 radical (unpaired) electrons. The number of carbonyl (C=O) groups is 1. The lowest BCUT2D eigenvalue weighted by atomic mass is 10.1. The van der Waals surface area contributed by atoms with Crippen LogP contribution in [-0.2, 0) is 11.2 Å². The van der Waals surface area contributed by atoms with Gasteiger partial charge in [-0.1, -0.05) is 30.3 Å². The van der Waals surface area contributed by atoms with Crippen molar-refractivity contribution in [1.29, 1.82) is 0 Å². The number of rotatable bonds is 5. The maximum Gasteiger partial charge on any atom is 0.390 e. The summed E-state index contributed by atoms with van der Waals surface area (Å²) in [5, 5.41) is 1.59. The van der Waals surface area contributed by atoms with Crippen LogP contribution in [0.5, 0.6) is 0 Å². The molecule has 0 aliphatic carbocycles. The molecule has 1 unspecified atom stereocenters. The fourth-order valence-corrected chi connectivity index (χ4v) is 1.68. The number of halogens is 3. The van der Waals surface area contributed by atoms with Gasteiger partial charge in [-0.25, -0.2) is 0 Å². The third-order valence-corrected chi connectivity index (χ3v) is 2.70. The average Bonchev–Trinajstić information content (AvgIpc) is 2.28. The van der Waals surface area contributed by atoms with Crippen LogP contribution in [0.15, 0.2) is 30.3 Å². The summed E-state index contributed by atoms with van der Waals surface area (Å²) in [6.45, 7) is -0.409. The van der Waals surface area contributed by atoms with E-state index in [2.05, 4.69) is 17.9 Å². The molecular weight excluding hydrogens is 263 g/mol. The molecule has 0 bridgehead atoms. The fraction of sp³-hybridized carbons (Fsp3) is 0.417. The fourth-order valence-electron chi connectivity index (χ4n) is 1.38. The minimum Gasteiger partial charge on any atom is -0.355 e. The van der Waals surface area contributed by atoms with Crippen molar-refractivity contribution in [3.63, 3.8) is 0 Å². The summed E-state index contributed by atoms with van der Waals surface area (Å²) < 4.78 is 35.7. The first-order valence-electron chi connectivity index (χ1n) is 5.45. The zero-order valence-electron chi connectivity index (χ0n) is 9.57. The normalized spacial score (nSPS) is 13.1. The van der Waals surface area contributed by atoms with E-state index in [1.807, 2.05) is 30.3 Å². The Hall–Kier alpha value is -1.17. The molecule has 1 aromatic rings. The van der Waals surface area contributed by atoms with Crippen LogP contribution in [-0.4, -0.2) is 23.9 Å². The summed E-state index contributed by atoms with van der Waals surface area (Å²) in [4.78, 5) is 11.5. The number of benzene rings is 1. The highest BCUT2D eigenvalue weighted by Gasteiger charge is 2.27. The predicted molar refractivity (Wildman–Crippen MR) is 66.6 cm³/mol.